The molecule has 0 saturated carbocycles. The zero-order chi connectivity index (χ0) is 28.2. The summed E-state index contributed by atoms with van der Waals surface area (Å²) in [6.45, 7) is 15.4. The number of rotatable bonds is 6. The molecule has 1 radical (unpaired) electrons. The Balaban J connectivity index is 1.88. The Kier molecular flexibility index (Phi) is 6.52. The largest absolute Gasteiger partial charge is 0.505 e. The molecule has 2 heterocycles. The minimum absolute atomic E-state index is 0.145. The second-order valence-corrected chi connectivity index (χ2v) is 11.0. The number of aromatic nitrogens is 6. The number of carbonyl (C=O) groups is 1. The third kappa shape index (κ3) is 4.68. The number of aromatic hydroxyl groups is 1. The van der Waals surface area contributed by atoms with E-state index in [1.807, 2.05) is 45.0 Å². The van der Waals surface area contributed by atoms with Crippen LogP contribution in [0.2, 0.25) is 5.02 Å². The number of aliphatic hydroxyl groups is 1. The van der Waals surface area contributed by atoms with E-state index in [0.29, 0.717) is 43.9 Å². The monoisotopic (exact) mass is 543 g/mol. The maximum atomic E-state index is 12.8. The van der Waals surface area contributed by atoms with Crippen molar-refractivity contribution in [1.82, 2.24) is 30.0 Å². The third-order valence-electron chi connectivity index (χ3n) is 6.52. The van der Waals surface area contributed by atoms with Crippen molar-refractivity contribution >= 4 is 39.5 Å². The van der Waals surface area contributed by atoms with Gasteiger partial charge in [-0.2, -0.15) is 0 Å². The summed E-state index contributed by atoms with van der Waals surface area (Å²) in [4.78, 5) is 15.5. The number of nitrogens with zero attached hydrogens (tertiary/aromatic N) is 6. The molecule has 0 spiro atoms. The molecule has 0 aliphatic heterocycles. The van der Waals surface area contributed by atoms with Gasteiger partial charge in [-0.05, 0) is 66.3 Å². The minimum atomic E-state index is -1.42. The summed E-state index contributed by atoms with van der Waals surface area (Å²) in [5.41, 5.74) is 4.06. The Morgan fingerprint density at radius 2 is 1.51 bits per heavy atom. The number of hydrogen-bond acceptors (Lipinski definition) is 7. The summed E-state index contributed by atoms with van der Waals surface area (Å²) in [5.74, 6) is -0.732. The summed E-state index contributed by atoms with van der Waals surface area (Å²) in [6, 6.07) is 12.5. The second kappa shape index (κ2) is 9.59. The predicted octanol–water partition coefficient (Wildman–Crippen LogP) is 5.04. The molecule has 5 aromatic rings. The van der Waals surface area contributed by atoms with Crippen LogP contribution in [0.1, 0.15) is 44.4 Å². The van der Waals surface area contributed by atoms with E-state index >= 15 is 0 Å². The van der Waals surface area contributed by atoms with Crippen LogP contribution in [-0.2, 0) is 16.6 Å². The lowest BCUT2D eigenvalue weighted by Gasteiger charge is -2.30. The summed E-state index contributed by atoms with van der Waals surface area (Å²) in [7, 11) is 0. The molecule has 0 aliphatic rings. The van der Waals surface area contributed by atoms with E-state index < -0.39 is 17.3 Å². The molecule has 0 saturated heterocycles. The van der Waals surface area contributed by atoms with Crippen molar-refractivity contribution in [2.75, 3.05) is 0 Å². The van der Waals surface area contributed by atoms with Crippen LogP contribution in [0.25, 0.3) is 33.4 Å². The highest BCUT2D eigenvalue weighted by Gasteiger charge is 2.34. The van der Waals surface area contributed by atoms with E-state index in [4.69, 9.17) is 11.6 Å². The summed E-state index contributed by atoms with van der Waals surface area (Å²) in [6.07, 6.45) is -1.57. The van der Waals surface area contributed by atoms with E-state index in [2.05, 4.69) is 33.9 Å². The topological polar surface area (TPSA) is 119 Å². The Hall–Kier alpha value is -4.08. The van der Waals surface area contributed by atoms with Gasteiger partial charge < -0.3 is 10.2 Å². The lowest BCUT2D eigenvalue weighted by atomic mass is 9.78. The molecule has 0 amide bonds. The van der Waals surface area contributed by atoms with E-state index in [1.165, 1.54) is 9.59 Å². The SMILES string of the molecule is [CH2]c1c(O)c(-n2nc3ccc(Cl)cc3n2)c(CC(O)C(=O)C(=C)C)c(C(C)(C)C)c1-n1nc2ccccc2n1. The smallest absolute Gasteiger partial charge is 0.186 e. The molecule has 1 unspecified atom stereocenters. The van der Waals surface area contributed by atoms with Gasteiger partial charge in [0.1, 0.15) is 39.6 Å². The molecule has 2 N–H and O–H groups in total. The molecule has 9 nitrogen and oxygen atoms in total. The number of carbonyl (C=O) groups excluding carboxylic acids is 1. The Morgan fingerprint density at radius 3 is 2.08 bits per heavy atom. The normalized spacial score (nSPS) is 12.8. The van der Waals surface area contributed by atoms with Gasteiger partial charge in [-0.3, -0.25) is 4.79 Å². The number of phenolic OH excluding ortho intramolecular Hbond substituents is 1. The van der Waals surface area contributed by atoms with Gasteiger partial charge in [-0.1, -0.05) is 51.1 Å². The molecule has 199 valence electrons. The van der Waals surface area contributed by atoms with E-state index in [-0.39, 0.29) is 29.0 Å². The molecule has 1 atom stereocenters. The number of fused-ring (bicyclic) bond motifs is 2. The van der Waals surface area contributed by atoms with Gasteiger partial charge in [-0.15, -0.1) is 30.0 Å². The number of Topliss-reactive ketones (excluding diaryl/α,β-unsaturated/α-hetero) is 1. The quantitative estimate of drug-likeness (QED) is 0.288. The van der Waals surface area contributed by atoms with Crippen molar-refractivity contribution in [3.8, 4) is 17.1 Å². The highest BCUT2D eigenvalue weighted by Crippen LogP contribution is 2.43. The van der Waals surface area contributed by atoms with Crippen LogP contribution in [0, 0.1) is 6.92 Å². The number of benzene rings is 3. The van der Waals surface area contributed by atoms with Gasteiger partial charge in [0.15, 0.2) is 5.78 Å². The number of ketones is 1. The molecular weight excluding hydrogens is 516 g/mol. The second-order valence-electron chi connectivity index (χ2n) is 10.6. The maximum absolute atomic E-state index is 12.8. The Bertz CT molecular complexity index is 1750. The van der Waals surface area contributed by atoms with Crippen molar-refractivity contribution in [3.05, 3.63) is 83.3 Å². The predicted molar refractivity (Wildman–Crippen MR) is 151 cm³/mol. The number of halogens is 1. The number of phenols is 1. The molecule has 0 fully saturated rings. The first-order valence-corrected chi connectivity index (χ1v) is 12.7. The summed E-state index contributed by atoms with van der Waals surface area (Å²) < 4.78 is 0. The van der Waals surface area contributed by atoms with Gasteiger partial charge in [0.2, 0.25) is 0 Å². The van der Waals surface area contributed by atoms with Gasteiger partial charge in [-0.25, -0.2) is 0 Å². The van der Waals surface area contributed by atoms with Crippen LogP contribution in [-0.4, -0.2) is 52.1 Å². The summed E-state index contributed by atoms with van der Waals surface area (Å²) in [5, 5.41) is 41.6. The molecule has 0 aliphatic carbocycles. The fourth-order valence-electron chi connectivity index (χ4n) is 4.77. The lowest BCUT2D eigenvalue weighted by molar-refractivity contribution is -0.123. The van der Waals surface area contributed by atoms with Crippen LogP contribution in [0.3, 0.4) is 0 Å². The first-order chi connectivity index (χ1) is 18.4. The maximum Gasteiger partial charge on any atom is 0.186 e. The molecule has 2 aromatic heterocycles. The van der Waals surface area contributed by atoms with Gasteiger partial charge in [0.25, 0.3) is 0 Å². The third-order valence-corrected chi connectivity index (χ3v) is 6.76. The van der Waals surface area contributed by atoms with Gasteiger partial charge >= 0.3 is 0 Å². The molecule has 5 rings (SSSR count). The highest BCUT2D eigenvalue weighted by molar-refractivity contribution is 6.31. The fourth-order valence-corrected chi connectivity index (χ4v) is 4.94. The van der Waals surface area contributed by atoms with Crippen molar-refractivity contribution in [3.63, 3.8) is 0 Å². The van der Waals surface area contributed by atoms with Crippen molar-refractivity contribution in [2.45, 2.75) is 45.6 Å². The molecular formula is C29H28ClN6O3. The standard InChI is InChI=1S/C29H28ClN6O3/c1-15(2)27(38)23(37)14-18-24(29(4,5)6)25(35-31-19-9-7-8-10-20(19)32-35)16(3)28(39)26(18)36-33-21-12-11-17(30)13-22(21)34-36/h7-13,23,37,39H,1,3,14H2,2,4-6H3. The lowest BCUT2D eigenvalue weighted by Crippen LogP contribution is -2.28. The van der Waals surface area contributed by atoms with E-state index in [1.54, 1.807) is 25.1 Å². The highest BCUT2D eigenvalue weighted by atomic mass is 35.5. The number of aliphatic hydroxyl groups excluding tert-OH is 1. The minimum Gasteiger partial charge on any atom is -0.505 e. The zero-order valence-electron chi connectivity index (χ0n) is 22.1. The summed E-state index contributed by atoms with van der Waals surface area (Å²) >= 11 is 6.17. The van der Waals surface area contributed by atoms with Crippen molar-refractivity contribution in [2.24, 2.45) is 0 Å². The van der Waals surface area contributed by atoms with Crippen molar-refractivity contribution < 1.29 is 15.0 Å². The molecule has 3 aromatic carbocycles. The zero-order valence-corrected chi connectivity index (χ0v) is 22.9. The average molecular weight is 544 g/mol. The van der Waals surface area contributed by atoms with Crippen molar-refractivity contribution in [1.29, 1.82) is 0 Å². The Labute approximate surface area is 230 Å². The average Bonchev–Trinajstić information content (AvgIpc) is 3.48. The Morgan fingerprint density at radius 1 is 0.974 bits per heavy atom. The van der Waals surface area contributed by atoms with Crippen LogP contribution >= 0.6 is 11.6 Å². The van der Waals surface area contributed by atoms with E-state index in [9.17, 15) is 15.0 Å². The van der Waals surface area contributed by atoms with Crippen LogP contribution in [0.15, 0.2) is 54.6 Å². The van der Waals surface area contributed by atoms with E-state index in [0.717, 1.165) is 0 Å². The first-order valence-electron chi connectivity index (χ1n) is 12.3. The molecule has 0 bridgehead atoms. The molecule has 39 heavy (non-hydrogen) atoms. The fraction of sp³-hybridized carbons (Fsp3) is 0.241. The molecule has 10 heteroatoms. The van der Waals surface area contributed by atoms with Crippen LogP contribution in [0.4, 0.5) is 0 Å². The van der Waals surface area contributed by atoms with Crippen LogP contribution < -0.4 is 0 Å². The van der Waals surface area contributed by atoms with Gasteiger partial charge in [0.05, 0.1) is 5.69 Å². The van der Waals surface area contributed by atoms with Crippen LogP contribution in [0.5, 0.6) is 5.75 Å². The van der Waals surface area contributed by atoms with Gasteiger partial charge in [0, 0.05) is 17.0 Å². The first kappa shape index (κ1) is 26.5. The number of hydrogen-bond donors (Lipinski definition) is 2.